The lowest BCUT2D eigenvalue weighted by atomic mass is 9.90. The zero-order chi connectivity index (χ0) is 11.4. The van der Waals surface area contributed by atoms with Gasteiger partial charge in [0.05, 0.1) is 13.2 Å². The highest BCUT2D eigenvalue weighted by Gasteiger charge is 2.38. The third-order valence-electron chi connectivity index (χ3n) is 3.06. The molecule has 0 bridgehead atoms. The molecule has 1 aliphatic heterocycles. The number of carbonyl (C=O) groups excluding carboxylic acids is 1. The highest BCUT2D eigenvalue weighted by molar-refractivity contribution is 6.17. The molecule has 0 unspecified atom stereocenters. The maximum atomic E-state index is 11.7. The quantitative estimate of drug-likeness (QED) is 0.563. The number of Topliss-reactive ketones (excluding diaryl/α,β-unsaturated/α-hetero) is 1. The Morgan fingerprint density at radius 2 is 2.06 bits per heavy atom. The Hall–Kier alpha value is -0.380. The van der Waals surface area contributed by atoms with Gasteiger partial charge in [-0.2, -0.15) is 0 Å². The van der Waals surface area contributed by atoms with Crippen molar-refractivity contribution in [3.05, 3.63) is 11.6 Å². The Kier molecular flexibility index (Phi) is 4.00. The second-order valence-corrected chi connectivity index (χ2v) is 4.63. The summed E-state index contributed by atoms with van der Waals surface area (Å²) >= 11 is 5.62. The van der Waals surface area contributed by atoms with Crippen molar-refractivity contribution < 1.29 is 14.3 Å². The van der Waals surface area contributed by atoms with Crippen molar-refractivity contribution in [1.82, 2.24) is 0 Å². The number of alkyl halides is 1. The Labute approximate surface area is 101 Å². The SMILES string of the molecule is O=C1CCC2(C=C1CCCCCl)OCCO2. The fourth-order valence-electron chi connectivity index (χ4n) is 2.19. The minimum Gasteiger partial charge on any atom is -0.344 e. The summed E-state index contributed by atoms with van der Waals surface area (Å²) < 4.78 is 11.2. The van der Waals surface area contributed by atoms with Gasteiger partial charge in [-0.3, -0.25) is 4.79 Å². The van der Waals surface area contributed by atoms with Crippen LogP contribution in [-0.4, -0.2) is 30.7 Å². The highest BCUT2D eigenvalue weighted by atomic mass is 35.5. The average Bonchev–Trinajstić information content (AvgIpc) is 2.73. The number of allylic oxidation sites excluding steroid dienone is 1. The average molecular weight is 245 g/mol. The molecule has 1 saturated heterocycles. The van der Waals surface area contributed by atoms with E-state index in [2.05, 4.69) is 0 Å². The molecule has 4 heteroatoms. The van der Waals surface area contributed by atoms with Gasteiger partial charge in [-0.1, -0.05) is 0 Å². The number of hydrogen-bond donors (Lipinski definition) is 0. The molecule has 0 amide bonds. The van der Waals surface area contributed by atoms with Crippen molar-refractivity contribution in [3.8, 4) is 0 Å². The van der Waals surface area contributed by atoms with Crippen molar-refractivity contribution in [3.63, 3.8) is 0 Å². The number of unbranched alkanes of at least 4 members (excludes halogenated alkanes) is 1. The topological polar surface area (TPSA) is 35.5 Å². The molecule has 90 valence electrons. The van der Waals surface area contributed by atoms with Crippen LogP contribution in [0.5, 0.6) is 0 Å². The lowest BCUT2D eigenvalue weighted by Crippen LogP contribution is -2.33. The number of rotatable bonds is 4. The van der Waals surface area contributed by atoms with Crippen LogP contribution < -0.4 is 0 Å². The molecule has 1 spiro atoms. The lowest BCUT2D eigenvalue weighted by Gasteiger charge is -2.28. The summed E-state index contributed by atoms with van der Waals surface area (Å²) in [6.45, 7) is 1.25. The van der Waals surface area contributed by atoms with E-state index in [1.807, 2.05) is 6.08 Å². The van der Waals surface area contributed by atoms with E-state index in [0.29, 0.717) is 31.9 Å². The van der Waals surface area contributed by atoms with Crippen molar-refractivity contribution in [1.29, 1.82) is 0 Å². The first kappa shape index (κ1) is 12.1. The predicted molar refractivity (Wildman–Crippen MR) is 61.5 cm³/mol. The Morgan fingerprint density at radius 3 is 2.75 bits per heavy atom. The zero-order valence-corrected chi connectivity index (χ0v) is 10.1. The normalized spacial score (nSPS) is 23.8. The molecule has 2 aliphatic rings. The zero-order valence-electron chi connectivity index (χ0n) is 9.34. The summed E-state index contributed by atoms with van der Waals surface area (Å²) in [4.78, 5) is 11.7. The summed E-state index contributed by atoms with van der Waals surface area (Å²) in [5.74, 6) is 0.295. The van der Waals surface area contributed by atoms with Crippen LogP contribution in [0.15, 0.2) is 11.6 Å². The number of carbonyl (C=O) groups is 1. The Balaban J connectivity index is 2.01. The maximum Gasteiger partial charge on any atom is 0.189 e. The van der Waals surface area contributed by atoms with Gasteiger partial charge in [-0.25, -0.2) is 0 Å². The predicted octanol–water partition coefficient (Wildman–Crippen LogP) is 2.43. The van der Waals surface area contributed by atoms with E-state index in [0.717, 1.165) is 24.8 Å². The minimum absolute atomic E-state index is 0.235. The van der Waals surface area contributed by atoms with Crippen molar-refractivity contribution in [2.45, 2.75) is 37.9 Å². The smallest absolute Gasteiger partial charge is 0.189 e. The molecule has 1 fully saturated rings. The molecule has 16 heavy (non-hydrogen) atoms. The van der Waals surface area contributed by atoms with Crippen molar-refractivity contribution >= 4 is 17.4 Å². The van der Waals surface area contributed by atoms with Gasteiger partial charge in [-0.15, -0.1) is 11.6 Å². The van der Waals surface area contributed by atoms with Gasteiger partial charge in [0.2, 0.25) is 0 Å². The molecule has 1 aliphatic carbocycles. The second-order valence-electron chi connectivity index (χ2n) is 4.25. The molecule has 0 N–H and O–H groups in total. The van der Waals surface area contributed by atoms with E-state index >= 15 is 0 Å². The fraction of sp³-hybridized carbons (Fsp3) is 0.750. The summed E-state index contributed by atoms with van der Waals surface area (Å²) in [5.41, 5.74) is 0.860. The van der Waals surface area contributed by atoms with Crippen LogP contribution in [0.4, 0.5) is 0 Å². The van der Waals surface area contributed by atoms with Crippen molar-refractivity contribution in [2.75, 3.05) is 19.1 Å². The van der Waals surface area contributed by atoms with E-state index in [1.165, 1.54) is 0 Å². The molecule has 1 heterocycles. The first-order valence-electron chi connectivity index (χ1n) is 5.84. The van der Waals surface area contributed by atoms with E-state index in [4.69, 9.17) is 21.1 Å². The second kappa shape index (κ2) is 5.30. The minimum atomic E-state index is -0.593. The van der Waals surface area contributed by atoms with Crippen LogP contribution in [0.3, 0.4) is 0 Å². The van der Waals surface area contributed by atoms with Gasteiger partial charge in [0.25, 0.3) is 0 Å². The van der Waals surface area contributed by atoms with Crippen LogP contribution in [0.1, 0.15) is 32.1 Å². The summed E-state index contributed by atoms with van der Waals surface area (Å²) in [7, 11) is 0. The molecule has 0 atom stereocenters. The molecular weight excluding hydrogens is 228 g/mol. The number of halogens is 1. The van der Waals surface area contributed by atoms with Gasteiger partial charge in [0.1, 0.15) is 0 Å². The van der Waals surface area contributed by atoms with Crippen LogP contribution in [0.2, 0.25) is 0 Å². The standard InChI is InChI=1S/C12H17ClO3/c13-6-2-1-3-10-9-12(5-4-11(10)14)15-7-8-16-12/h9H,1-8H2. The van der Waals surface area contributed by atoms with E-state index in [9.17, 15) is 4.79 Å². The highest BCUT2D eigenvalue weighted by Crippen LogP contribution is 2.33. The monoisotopic (exact) mass is 244 g/mol. The largest absolute Gasteiger partial charge is 0.344 e. The van der Waals surface area contributed by atoms with Gasteiger partial charge in [-0.05, 0) is 30.9 Å². The van der Waals surface area contributed by atoms with Gasteiger partial charge in [0, 0.05) is 18.7 Å². The van der Waals surface area contributed by atoms with Crippen LogP contribution in [0, 0.1) is 0 Å². The van der Waals surface area contributed by atoms with Gasteiger partial charge < -0.3 is 9.47 Å². The van der Waals surface area contributed by atoms with Crippen LogP contribution in [0.25, 0.3) is 0 Å². The molecule has 0 saturated carbocycles. The molecule has 2 rings (SSSR count). The molecular formula is C12H17ClO3. The van der Waals surface area contributed by atoms with Gasteiger partial charge in [0.15, 0.2) is 11.6 Å². The molecule has 0 aromatic heterocycles. The molecule has 0 radical (unpaired) electrons. The van der Waals surface area contributed by atoms with E-state index in [1.54, 1.807) is 0 Å². The number of ether oxygens (including phenoxy) is 2. The lowest BCUT2D eigenvalue weighted by molar-refractivity contribution is -0.138. The Morgan fingerprint density at radius 1 is 1.31 bits per heavy atom. The van der Waals surface area contributed by atoms with E-state index in [-0.39, 0.29) is 5.78 Å². The van der Waals surface area contributed by atoms with Crippen LogP contribution in [-0.2, 0) is 14.3 Å². The van der Waals surface area contributed by atoms with Crippen LogP contribution >= 0.6 is 11.6 Å². The fourth-order valence-corrected chi connectivity index (χ4v) is 2.38. The third-order valence-corrected chi connectivity index (χ3v) is 3.33. The van der Waals surface area contributed by atoms with E-state index < -0.39 is 5.79 Å². The Bertz CT molecular complexity index is 293. The summed E-state index contributed by atoms with van der Waals surface area (Å²) in [6.07, 6.45) is 5.77. The third kappa shape index (κ3) is 2.65. The molecule has 0 aromatic carbocycles. The first-order chi connectivity index (χ1) is 7.76. The van der Waals surface area contributed by atoms with Crippen molar-refractivity contribution in [2.24, 2.45) is 0 Å². The first-order valence-corrected chi connectivity index (χ1v) is 6.38. The maximum absolute atomic E-state index is 11.7. The summed E-state index contributed by atoms with van der Waals surface area (Å²) in [5, 5.41) is 0. The molecule has 3 nitrogen and oxygen atoms in total. The number of ketones is 1. The van der Waals surface area contributed by atoms with Gasteiger partial charge >= 0.3 is 0 Å². The molecule has 0 aromatic rings. The summed E-state index contributed by atoms with van der Waals surface area (Å²) in [6, 6.07) is 0. The number of hydrogen-bond acceptors (Lipinski definition) is 3.